The van der Waals surface area contributed by atoms with Crippen LogP contribution in [0.2, 0.25) is 0 Å². The van der Waals surface area contributed by atoms with Gasteiger partial charge in [-0.2, -0.15) is 0 Å². The van der Waals surface area contributed by atoms with Crippen molar-refractivity contribution >= 4 is 23.8 Å². The molecule has 1 aliphatic heterocycles. The van der Waals surface area contributed by atoms with Crippen molar-refractivity contribution in [3.8, 4) is 0 Å². The summed E-state index contributed by atoms with van der Waals surface area (Å²) in [5.74, 6) is -1.21. The van der Waals surface area contributed by atoms with Crippen LogP contribution in [0, 0.1) is 0 Å². The Hall–Kier alpha value is -2.28. The third-order valence-electron chi connectivity index (χ3n) is 6.94. The van der Waals surface area contributed by atoms with Gasteiger partial charge in [0.05, 0.1) is 19.6 Å². The molecule has 0 aromatic carbocycles. The molecule has 0 bridgehead atoms. The summed E-state index contributed by atoms with van der Waals surface area (Å²) in [6.45, 7) is 28.4. The van der Waals surface area contributed by atoms with Crippen molar-refractivity contribution in [1.29, 1.82) is 0 Å². The Labute approximate surface area is 272 Å². The molecular formula is C33H63N5O7. The minimum absolute atomic E-state index is 0.0859. The van der Waals surface area contributed by atoms with E-state index in [1.54, 1.807) is 25.7 Å². The van der Waals surface area contributed by atoms with Crippen molar-refractivity contribution in [2.75, 3.05) is 85.1 Å². The Morgan fingerprint density at radius 2 is 0.867 bits per heavy atom. The first-order chi connectivity index (χ1) is 20.6. The Bertz CT molecular complexity index is 907. The Kier molecular flexibility index (Phi) is 16.4. The number of hydrogen-bond acceptors (Lipinski definition) is 11. The predicted octanol–water partition coefficient (Wildman–Crippen LogP) is 2.49. The molecule has 0 aromatic heterocycles. The summed E-state index contributed by atoms with van der Waals surface area (Å²) in [6.07, 6.45) is 0. The van der Waals surface area contributed by atoms with Crippen LogP contribution in [0.4, 0.5) is 0 Å². The van der Waals surface area contributed by atoms with Gasteiger partial charge in [-0.3, -0.25) is 33.9 Å². The third-order valence-corrected chi connectivity index (χ3v) is 6.94. The van der Waals surface area contributed by atoms with Crippen LogP contribution in [0.25, 0.3) is 0 Å². The monoisotopic (exact) mass is 641 g/mol. The lowest BCUT2D eigenvalue weighted by Crippen LogP contribution is -2.51. The molecule has 1 amide bonds. The van der Waals surface area contributed by atoms with Gasteiger partial charge in [-0.05, 0) is 82.7 Å². The van der Waals surface area contributed by atoms with Gasteiger partial charge in [0, 0.05) is 58.4 Å². The Morgan fingerprint density at radius 1 is 0.556 bits per heavy atom. The highest BCUT2D eigenvalue weighted by molar-refractivity contribution is 5.83. The lowest BCUT2D eigenvalue weighted by Gasteiger charge is -2.35. The van der Waals surface area contributed by atoms with Gasteiger partial charge in [0.1, 0.15) is 23.3 Å². The number of carbonyl (C=O) groups is 4. The molecule has 0 aromatic rings. The molecule has 0 unspecified atom stereocenters. The predicted molar refractivity (Wildman–Crippen MR) is 176 cm³/mol. The quantitative estimate of drug-likeness (QED) is 0.259. The van der Waals surface area contributed by atoms with Gasteiger partial charge >= 0.3 is 17.9 Å². The third kappa shape index (κ3) is 19.1. The summed E-state index contributed by atoms with van der Waals surface area (Å²) in [6, 6.07) is -0.204. The lowest BCUT2D eigenvalue weighted by atomic mass is 10.2. The molecule has 0 radical (unpaired) electrons. The standard InChI is InChI=1S/C33H63N5O7/c1-13-34-14-16-36(23-28(40)43-31(4,5)6)20-18-35(19-21-37(17-15-34)24-29(41)44-32(7,8)9)22-27(39)38(26(2)3)25-30(42)45-33(10,11)12/h26H,13-25H2,1-12H3. The average Bonchev–Trinajstić information content (AvgIpc) is 2.83. The molecule has 0 spiro atoms. The molecule has 1 rings (SSSR count). The molecule has 12 heteroatoms. The van der Waals surface area contributed by atoms with Crippen LogP contribution in [0.5, 0.6) is 0 Å². The maximum atomic E-state index is 13.6. The molecule has 0 aliphatic carbocycles. The summed E-state index contributed by atoms with van der Waals surface area (Å²) in [5.41, 5.74) is -1.81. The first kappa shape index (κ1) is 40.7. The fourth-order valence-corrected chi connectivity index (χ4v) is 4.84. The second-order valence-electron chi connectivity index (χ2n) is 15.1. The Morgan fingerprint density at radius 3 is 1.18 bits per heavy atom. The largest absolute Gasteiger partial charge is 0.459 e. The number of nitrogens with zero attached hydrogens (tertiary/aromatic N) is 5. The van der Waals surface area contributed by atoms with Crippen LogP contribution in [-0.2, 0) is 33.4 Å². The first-order valence-corrected chi connectivity index (χ1v) is 16.4. The second kappa shape index (κ2) is 18.2. The number of carbonyl (C=O) groups excluding carboxylic acids is 4. The van der Waals surface area contributed by atoms with Gasteiger partial charge in [0.25, 0.3) is 0 Å². The highest BCUT2D eigenvalue weighted by Gasteiger charge is 2.28. The van der Waals surface area contributed by atoms with Gasteiger partial charge in [-0.15, -0.1) is 0 Å². The smallest absolute Gasteiger partial charge is 0.326 e. The zero-order valence-corrected chi connectivity index (χ0v) is 30.4. The highest BCUT2D eigenvalue weighted by Crippen LogP contribution is 2.12. The molecule has 1 aliphatic rings. The molecule has 0 atom stereocenters. The van der Waals surface area contributed by atoms with E-state index in [1.165, 1.54) is 0 Å². The maximum Gasteiger partial charge on any atom is 0.326 e. The maximum absolute atomic E-state index is 13.6. The summed E-state index contributed by atoms with van der Waals surface area (Å²) in [7, 11) is 0. The summed E-state index contributed by atoms with van der Waals surface area (Å²) in [5, 5.41) is 0. The molecular weight excluding hydrogens is 578 g/mol. The molecule has 1 saturated heterocycles. The fourth-order valence-electron chi connectivity index (χ4n) is 4.84. The summed E-state index contributed by atoms with van der Waals surface area (Å²) in [4.78, 5) is 61.9. The summed E-state index contributed by atoms with van der Waals surface area (Å²) >= 11 is 0. The second-order valence-corrected chi connectivity index (χ2v) is 15.1. The van der Waals surface area contributed by atoms with Gasteiger partial charge in [0.15, 0.2) is 0 Å². The number of likely N-dealkylation sites (N-methyl/N-ethyl adjacent to an activating group) is 1. The number of hydrogen-bond donors (Lipinski definition) is 0. The van der Waals surface area contributed by atoms with E-state index in [0.717, 1.165) is 19.6 Å². The van der Waals surface area contributed by atoms with Gasteiger partial charge < -0.3 is 24.0 Å². The number of esters is 3. The van der Waals surface area contributed by atoms with E-state index in [2.05, 4.69) is 21.6 Å². The SMILES string of the molecule is CCN1CCN(CC(=O)OC(C)(C)C)CCN(CC(=O)N(CC(=O)OC(C)(C)C)C(C)C)CCN(CC(=O)OC(C)(C)C)CC1. The van der Waals surface area contributed by atoms with Crippen LogP contribution in [0.3, 0.4) is 0 Å². The lowest BCUT2D eigenvalue weighted by molar-refractivity contribution is -0.160. The minimum Gasteiger partial charge on any atom is -0.459 e. The number of amides is 1. The van der Waals surface area contributed by atoms with Crippen molar-refractivity contribution in [1.82, 2.24) is 24.5 Å². The normalized spacial score (nSPS) is 17.7. The van der Waals surface area contributed by atoms with Crippen molar-refractivity contribution < 1.29 is 33.4 Å². The van der Waals surface area contributed by atoms with Gasteiger partial charge in [0.2, 0.25) is 5.91 Å². The molecule has 1 fully saturated rings. The topological polar surface area (TPSA) is 112 Å². The van der Waals surface area contributed by atoms with E-state index in [9.17, 15) is 19.2 Å². The van der Waals surface area contributed by atoms with E-state index < -0.39 is 22.8 Å². The van der Waals surface area contributed by atoms with E-state index in [-0.39, 0.29) is 50.1 Å². The Balaban J connectivity index is 3.20. The van der Waals surface area contributed by atoms with Crippen molar-refractivity contribution in [2.24, 2.45) is 0 Å². The van der Waals surface area contributed by atoms with Crippen LogP contribution < -0.4 is 0 Å². The zero-order valence-electron chi connectivity index (χ0n) is 30.4. The van der Waals surface area contributed by atoms with Crippen LogP contribution in [0.1, 0.15) is 83.1 Å². The molecule has 1 heterocycles. The van der Waals surface area contributed by atoms with E-state index >= 15 is 0 Å². The highest BCUT2D eigenvalue weighted by atomic mass is 16.6. The van der Waals surface area contributed by atoms with Crippen molar-refractivity contribution in [3.63, 3.8) is 0 Å². The first-order valence-electron chi connectivity index (χ1n) is 16.4. The molecule has 262 valence electrons. The van der Waals surface area contributed by atoms with E-state index in [1.807, 2.05) is 60.3 Å². The van der Waals surface area contributed by atoms with E-state index in [4.69, 9.17) is 14.2 Å². The molecule has 12 nitrogen and oxygen atoms in total. The van der Waals surface area contributed by atoms with Crippen LogP contribution in [-0.4, -0.2) is 156 Å². The summed E-state index contributed by atoms with van der Waals surface area (Å²) < 4.78 is 16.7. The van der Waals surface area contributed by atoms with Gasteiger partial charge in [-0.1, -0.05) is 6.92 Å². The van der Waals surface area contributed by atoms with Gasteiger partial charge in [-0.25, -0.2) is 0 Å². The average molecular weight is 642 g/mol. The van der Waals surface area contributed by atoms with E-state index in [0.29, 0.717) is 39.3 Å². The van der Waals surface area contributed by atoms with Crippen molar-refractivity contribution in [2.45, 2.75) is 106 Å². The molecule has 0 saturated carbocycles. The number of ether oxygens (including phenoxy) is 3. The zero-order chi connectivity index (χ0) is 34.6. The van der Waals surface area contributed by atoms with Crippen molar-refractivity contribution in [3.05, 3.63) is 0 Å². The fraction of sp³-hybridized carbons (Fsp3) is 0.879. The molecule has 45 heavy (non-hydrogen) atoms. The molecule has 0 N–H and O–H groups in total. The number of rotatable bonds is 10. The van der Waals surface area contributed by atoms with Crippen LogP contribution in [0.15, 0.2) is 0 Å². The minimum atomic E-state index is -0.650. The van der Waals surface area contributed by atoms with Crippen LogP contribution >= 0.6 is 0 Å².